The average molecular weight is 709 g/mol. The number of hydrogen-bond donors (Lipinski definition) is 0. The van der Waals surface area contributed by atoms with E-state index < -0.39 is 0 Å². The fourth-order valence-corrected chi connectivity index (χ4v) is 8.49. The first-order valence-electron chi connectivity index (χ1n) is 18.0. The van der Waals surface area contributed by atoms with Crippen LogP contribution in [0.3, 0.4) is 0 Å². The molecule has 260 valence electrons. The summed E-state index contributed by atoms with van der Waals surface area (Å²) in [6.45, 7) is 5.57. The molecule has 3 aliphatic rings. The van der Waals surface area contributed by atoms with Gasteiger partial charge in [-0.2, -0.15) is 0 Å². The zero-order valence-electron chi connectivity index (χ0n) is 29.0. The zero-order chi connectivity index (χ0) is 34.4. The average Bonchev–Trinajstić information content (AvgIpc) is 4.03. The molecule has 0 radical (unpaired) electrons. The van der Waals surface area contributed by atoms with Crippen molar-refractivity contribution in [2.24, 2.45) is 24.8 Å². The molecule has 0 saturated heterocycles. The van der Waals surface area contributed by atoms with E-state index in [9.17, 15) is 9.59 Å². The van der Waals surface area contributed by atoms with Crippen LogP contribution < -0.4 is 20.6 Å². The SMILES string of the molecule is CCSc1ccc(OCC2CC2)c(-c2cc(C)c(=O)n(C3CC3CCSc3ccc(OCC4CC4)c(-c4cn(C)c(=O)c5occc45)c3)c2)c1. The van der Waals surface area contributed by atoms with Gasteiger partial charge in [0.2, 0.25) is 0 Å². The van der Waals surface area contributed by atoms with Gasteiger partial charge in [-0.1, -0.05) is 6.92 Å². The van der Waals surface area contributed by atoms with E-state index in [1.54, 1.807) is 17.9 Å². The summed E-state index contributed by atoms with van der Waals surface area (Å²) < 4.78 is 21.8. The maximum Gasteiger partial charge on any atom is 0.293 e. The van der Waals surface area contributed by atoms with Crippen LogP contribution in [0, 0.1) is 24.7 Å². The first kappa shape index (κ1) is 33.3. The fraction of sp³-hybridized carbons (Fsp3) is 0.415. The highest BCUT2D eigenvalue weighted by atomic mass is 32.2. The Morgan fingerprint density at radius 2 is 1.50 bits per heavy atom. The van der Waals surface area contributed by atoms with Crippen molar-refractivity contribution in [1.29, 1.82) is 0 Å². The molecule has 9 heteroatoms. The number of rotatable bonds is 15. The number of ether oxygens (including phenoxy) is 2. The summed E-state index contributed by atoms with van der Waals surface area (Å²) in [6.07, 6.45) is 12.5. The molecule has 3 saturated carbocycles. The van der Waals surface area contributed by atoms with E-state index in [1.807, 2.05) is 53.3 Å². The van der Waals surface area contributed by atoms with Crippen molar-refractivity contribution in [3.8, 4) is 33.8 Å². The lowest BCUT2D eigenvalue weighted by Crippen LogP contribution is -2.21. The van der Waals surface area contributed by atoms with Crippen molar-refractivity contribution in [3.63, 3.8) is 0 Å². The number of furan rings is 1. The predicted molar refractivity (Wildman–Crippen MR) is 203 cm³/mol. The van der Waals surface area contributed by atoms with Crippen LogP contribution in [0.4, 0.5) is 0 Å². The Morgan fingerprint density at radius 1 is 0.820 bits per heavy atom. The van der Waals surface area contributed by atoms with E-state index in [0.717, 1.165) is 80.6 Å². The van der Waals surface area contributed by atoms with Crippen LogP contribution >= 0.6 is 23.5 Å². The lowest BCUT2D eigenvalue weighted by atomic mass is 10.0. The number of nitrogens with zero attached hydrogens (tertiary/aromatic N) is 2. The summed E-state index contributed by atoms with van der Waals surface area (Å²) in [5, 5.41) is 0.799. The molecule has 2 atom stereocenters. The Labute approximate surface area is 301 Å². The number of benzene rings is 2. The van der Waals surface area contributed by atoms with Crippen molar-refractivity contribution in [2.45, 2.75) is 68.2 Å². The summed E-state index contributed by atoms with van der Waals surface area (Å²) in [5.74, 6) is 5.43. The molecule has 5 aromatic rings. The summed E-state index contributed by atoms with van der Waals surface area (Å²) in [4.78, 5) is 28.6. The van der Waals surface area contributed by atoms with Gasteiger partial charge >= 0.3 is 0 Å². The van der Waals surface area contributed by atoms with Crippen LogP contribution in [0.25, 0.3) is 33.2 Å². The standard InChI is InChI=1S/C41H44N2O5S2/c1-4-49-30-9-11-37(47-23-26-5-6-26)33(19-30)29-17-25(2)40(44)43(21-29)36-18-28(36)14-16-50-31-10-12-38(48-24-27-7-8-27)34(20-31)35-22-42(3)41(45)39-32(35)13-15-46-39/h9-13,15,17,19-22,26-28,36H,4-8,14,16,18,23-24H2,1-3H3. The Hall–Kier alpha value is -3.82. The topological polar surface area (TPSA) is 75.6 Å². The molecule has 0 amide bonds. The molecule has 7 nitrogen and oxygen atoms in total. The normalized spacial score (nSPS) is 18.5. The van der Waals surface area contributed by atoms with Gasteiger partial charge in [-0.15, -0.1) is 23.5 Å². The minimum absolute atomic E-state index is 0.0997. The molecule has 2 aromatic carbocycles. The summed E-state index contributed by atoms with van der Waals surface area (Å²) in [6, 6.07) is 17.0. The minimum Gasteiger partial charge on any atom is -0.493 e. The fourth-order valence-electron chi connectivity index (χ4n) is 6.77. The molecule has 3 heterocycles. The van der Waals surface area contributed by atoms with Crippen LogP contribution in [-0.2, 0) is 7.05 Å². The van der Waals surface area contributed by atoms with E-state index >= 15 is 0 Å². The monoisotopic (exact) mass is 708 g/mol. The Kier molecular flexibility index (Phi) is 9.38. The number of aryl methyl sites for hydroxylation is 2. The third-order valence-corrected chi connectivity index (χ3v) is 12.1. The first-order valence-corrected chi connectivity index (χ1v) is 19.9. The Bertz CT molecular complexity index is 2160. The van der Waals surface area contributed by atoms with Gasteiger partial charge in [0.1, 0.15) is 11.5 Å². The third kappa shape index (κ3) is 7.17. The Balaban J connectivity index is 0.991. The molecule has 0 bridgehead atoms. The van der Waals surface area contributed by atoms with E-state index in [2.05, 4.69) is 49.5 Å². The highest BCUT2D eigenvalue weighted by molar-refractivity contribution is 7.99. The van der Waals surface area contributed by atoms with Crippen LogP contribution in [0.1, 0.15) is 57.1 Å². The van der Waals surface area contributed by atoms with Crippen molar-refractivity contribution >= 4 is 34.5 Å². The number of pyridine rings is 2. The van der Waals surface area contributed by atoms with Crippen LogP contribution in [0.15, 0.2) is 91.0 Å². The van der Waals surface area contributed by atoms with Gasteiger partial charge in [0, 0.05) is 68.5 Å². The maximum absolute atomic E-state index is 13.5. The van der Waals surface area contributed by atoms with Gasteiger partial charge in [-0.05, 0) is 123 Å². The van der Waals surface area contributed by atoms with Crippen molar-refractivity contribution in [2.75, 3.05) is 24.7 Å². The molecule has 50 heavy (non-hydrogen) atoms. The summed E-state index contributed by atoms with van der Waals surface area (Å²) in [5.41, 5.74) is 5.11. The van der Waals surface area contributed by atoms with Gasteiger partial charge in [0.25, 0.3) is 11.1 Å². The molecular formula is C41H44N2O5S2. The molecule has 0 N–H and O–H groups in total. The molecule has 0 spiro atoms. The van der Waals surface area contributed by atoms with Crippen molar-refractivity contribution in [1.82, 2.24) is 9.13 Å². The van der Waals surface area contributed by atoms with Gasteiger partial charge < -0.3 is 23.0 Å². The van der Waals surface area contributed by atoms with E-state index in [-0.39, 0.29) is 17.2 Å². The van der Waals surface area contributed by atoms with Crippen LogP contribution in [0.5, 0.6) is 11.5 Å². The lowest BCUT2D eigenvalue weighted by Gasteiger charge is -2.16. The Morgan fingerprint density at radius 3 is 2.20 bits per heavy atom. The predicted octanol–water partition coefficient (Wildman–Crippen LogP) is 9.37. The number of hydrogen-bond acceptors (Lipinski definition) is 7. The largest absolute Gasteiger partial charge is 0.493 e. The second-order valence-corrected chi connectivity index (χ2v) is 16.7. The highest BCUT2D eigenvalue weighted by Crippen LogP contribution is 2.47. The summed E-state index contributed by atoms with van der Waals surface area (Å²) >= 11 is 3.65. The molecule has 3 fully saturated rings. The van der Waals surface area contributed by atoms with Gasteiger partial charge in [-0.3, -0.25) is 9.59 Å². The molecule has 3 aliphatic carbocycles. The van der Waals surface area contributed by atoms with Crippen molar-refractivity contribution in [3.05, 3.63) is 93.5 Å². The number of fused-ring (bicyclic) bond motifs is 1. The smallest absolute Gasteiger partial charge is 0.293 e. The second kappa shape index (κ2) is 14.1. The zero-order valence-corrected chi connectivity index (χ0v) is 30.6. The van der Waals surface area contributed by atoms with E-state index in [4.69, 9.17) is 13.9 Å². The third-order valence-electron chi connectivity index (χ3n) is 10.2. The second-order valence-electron chi connectivity index (χ2n) is 14.2. The summed E-state index contributed by atoms with van der Waals surface area (Å²) in [7, 11) is 1.76. The van der Waals surface area contributed by atoms with E-state index in [0.29, 0.717) is 29.9 Å². The van der Waals surface area contributed by atoms with E-state index in [1.165, 1.54) is 30.6 Å². The van der Waals surface area contributed by atoms with Gasteiger partial charge in [0.15, 0.2) is 5.58 Å². The van der Waals surface area contributed by atoms with Crippen molar-refractivity contribution < 1.29 is 13.9 Å². The quantitative estimate of drug-likeness (QED) is 0.100. The molecule has 3 aromatic heterocycles. The molecule has 0 aliphatic heterocycles. The van der Waals surface area contributed by atoms with Gasteiger partial charge in [-0.25, -0.2) is 0 Å². The molecular weight excluding hydrogens is 665 g/mol. The highest BCUT2D eigenvalue weighted by Gasteiger charge is 2.39. The van der Waals surface area contributed by atoms with Crippen LogP contribution in [0.2, 0.25) is 0 Å². The first-order chi connectivity index (χ1) is 24.4. The van der Waals surface area contributed by atoms with Crippen LogP contribution in [-0.4, -0.2) is 33.9 Å². The minimum atomic E-state index is -0.148. The lowest BCUT2D eigenvalue weighted by molar-refractivity contribution is 0.300. The maximum atomic E-state index is 13.5. The number of aromatic nitrogens is 2. The molecule has 8 rings (SSSR count). The van der Waals surface area contributed by atoms with Gasteiger partial charge in [0.05, 0.1) is 19.5 Å². The molecule has 2 unspecified atom stereocenters. The number of thioether (sulfide) groups is 2.